The first-order valence-corrected chi connectivity index (χ1v) is 10.4. The van der Waals surface area contributed by atoms with E-state index in [1.54, 1.807) is 18.9 Å². The van der Waals surface area contributed by atoms with Crippen LogP contribution in [0, 0.1) is 4.77 Å². The summed E-state index contributed by atoms with van der Waals surface area (Å²) in [5, 5.41) is 7.57. The maximum absolute atomic E-state index is 12.6. The van der Waals surface area contributed by atoms with Crippen molar-refractivity contribution in [2.75, 3.05) is 14.2 Å². The summed E-state index contributed by atoms with van der Waals surface area (Å²) in [6.45, 7) is 0.388. The number of amides is 1. The van der Waals surface area contributed by atoms with Crippen molar-refractivity contribution in [2.45, 2.75) is 13.1 Å². The summed E-state index contributed by atoms with van der Waals surface area (Å²) in [5.74, 6) is 1.81. The van der Waals surface area contributed by atoms with Crippen LogP contribution in [0.5, 0.6) is 11.5 Å². The van der Waals surface area contributed by atoms with Crippen molar-refractivity contribution in [3.05, 3.63) is 83.4 Å². The van der Waals surface area contributed by atoms with Crippen LogP contribution < -0.4 is 14.8 Å². The summed E-state index contributed by atoms with van der Waals surface area (Å²) in [5.41, 5.74) is 1.74. The lowest BCUT2D eigenvalue weighted by Crippen LogP contribution is -2.27. The molecule has 0 saturated carbocycles. The molecule has 0 unspecified atom stereocenters. The number of rotatable bonds is 8. The number of nitrogens with zero attached hydrogens (tertiary/aromatic N) is 4. The number of hydrogen-bond acceptors (Lipinski definition) is 5. The van der Waals surface area contributed by atoms with E-state index in [2.05, 4.69) is 10.4 Å². The van der Waals surface area contributed by atoms with Crippen molar-refractivity contribution in [2.24, 2.45) is 0 Å². The Hall–Kier alpha value is -3.85. The van der Waals surface area contributed by atoms with E-state index in [4.69, 9.17) is 21.7 Å². The number of carbonyl (C=O) groups is 1. The Morgan fingerprint density at radius 3 is 2.41 bits per heavy atom. The third-order valence-electron chi connectivity index (χ3n) is 4.93. The largest absolute Gasteiger partial charge is 0.497 e. The third kappa shape index (κ3) is 4.42. The first-order chi connectivity index (χ1) is 15.6. The molecule has 0 aliphatic heterocycles. The summed E-state index contributed by atoms with van der Waals surface area (Å²) in [4.78, 5) is 12.6. The molecule has 0 radical (unpaired) electrons. The van der Waals surface area contributed by atoms with Crippen molar-refractivity contribution in [1.29, 1.82) is 0 Å². The first kappa shape index (κ1) is 21.4. The van der Waals surface area contributed by atoms with Gasteiger partial charge >= 0.3 is 0 Å². The number of para-hydroxylation sites is 1. The fourth-order valence-electron chi connectivity index (χ4n) is 3.30. The molecule has 0 bridgehead atoms. The highest BCUT2D eigenvalue weighted by Gasteiger charge is 2.18. The van der Waals surface area contributed by atoms with Gasteiger partial charge in [-0.25, -0.2) is 9.36 Å². The molecule has 9 heteroatoms. The van der Waals surface area contributed by atoms with Gasteiger partial charge in [0.2, 0.25) is 10.7 Å². The molecule has 4 rings (SSSR count). The van der Waals surface area contributed by atoms with Gasteiger partial charge in [0.1, 0.15) is 18.0 Å². The number of ether oxygens (including phenoxy) is 2. The van der Waals surface area contributed by atoms with Crippen LogP contribution in [0.1, 0.15) is 5.56 Å². The van der Waals surface area contributed by atoms with Crippen molar-refractivity contribution in [3.8, 4) is 22.9 Å². The molecule has 1 N–H and O–H groups in total. The minimum Gasteiger partial charge on any atom is -0.497 e. The van der Waals surface area contributed by atoms with Crippen LogP contribution in [0.2, 0.25) is 0 Å². The second-order valence-corrected chi connectivity index (χ2v) is 7.33. The summed E-state index contributed by atoms with van der Waals surface area (Å²) in [7, 11) is 3.23. The van der Waals surface area contributed by atoms with Crippen LogP contribution in [-0.4, -0.2) is 39.3 Å². The standard InChI is InChI=1S/C23H23N5O3S/c1-30-18-11-9-17(10-12-18)15-24-21(29)16-27-23(32)28(26-13-5-6-14-26)22(25-27)19-7-3-4-8-20(19)31-2/h3-14H,15-16H2,1-2H3,(H,24,29). The van der Waals surface area contributed by atoms with Crippen molar-refractivity contribution in [3.63, 3.8) is 0 Å². The van der Waals surface area contributed by atoms with E-state index in [-0.39, 0.29) is 12.5 Å². The lowest BCUT2D eigenvalue weighted by atomic mass is 10.2. The molecule has 0 spiro atoms. The van der Waals surface area contributed by atoms with Crippen LogP contribution >= 0.6 is 12.2 Å². The average molecular weight is 450 g/mol. The molecule has 2 aromatic carbocycles. The molecule has 0 aliphatic carbocycles. The normalized spacial score (nSPS) is 10.7. The molecular weight excluding hydrogens is 426 g/mol. The molecular formula is C23H23N5O3S. The number of methoxy groups -OCH3 is 2. The van der Waals surface area contributed by atoms with E-state index in [0.717, 1.165) is 16.9 Å². The predicted octanol–water partition coefficient (Wildman–Crippen LogP) is 3.53. The summed E-state index contributed by atoms with van der Waals surface area (Å²) in [6.07, 6.45) is 3.73. The lowest BCUT2D eigenvalue weighted by molar-refractivity contribution is -0.122. The van der Waals surface area contributed by atoms with E-state index in [1.807, 2.05) is 77.7 Å². The van der Waals surface area contributed by atoms with Crippen LogP contribution in [0.15, 0.2) is 73.1 Å². The van der Waals surface area contributed by atoms with E-state index in [0.29, 0.717) is 22.9 Å². The summed E-state index contributed by atoms with van der Waals surface area (Å²) < 4.78 is 16.2. The second-order valence-electron chi connectivity index (χ2n) is 6.96. The van der Waals surface area contributed by atoms with Gasteiger partial charge in [-0.3, -0.25) is 9.47 Å². The maximum Gasteiger partial charge on any atom is 0.242 e. The zero-order valence-corrected chi connectivity index (χ0v) is 18.6. The van der Waals surface area contributed by atoms with E-state index >= 15 is 0 Å². The Morgan fingerprint density at radius 2 is 1.72 bits per heavy atom. The number of hydrogen-bond donors (Lipinski definition) is 1. The van der Waals surface area contributed by atoms with Crippen LogP contribution in [0.4, 0.5) is 0 Å². The Morgan fingerprint density at radius 1 is 1.00 bits per heavy atom. The second kappa shape index (κ2) is 9.52. The quantitative estimate of drug-likeness (QED) is 0.417. The zero-order valence-electron chi connectivity index (χ0n) is 17.8. The van der Waals surface area contributed by atoms with Gasteiger partial charge in [0.15, 0.2) is 5.82 Å². The Labute approximate surface area is 190 Å². The molecule has 164 valence electrons. The molecule has 4 aromatic rings. The molecule has 0 saturated heterocycles. The van der Waals surface area contributed by atoms with Gasteiger partial charge in [-0.05, 0) is 54.2 Å². The fourth-order valence-corrected chi connectivity index (χ4v) is 3.59. The first-order valence-electron chi connectivity index (χ1n) is 9.97. The Kier molecular flexibility index (Phi) is 6.37. The number of aromatic nitrogens is 4. The number of benzene rings is 2. The van der Waals surface area contributed by atoms with Crippen LogP contribution in [0.25, 0.3) is 11.4 Å². The molecule has 8 nitrogen and oxygen atoms in total. The number of nitrogens with one attached hydrogen (secondary N) is 1. The van der Waals surface area contributed by atoms with Crippen LogP contribution in [-0.2, 0) is 17.9 Å². The van der Waals surface area contributed by atoms with E-state index < -0.39 is 0 Å². The number of carbonyl (C=O) groups excluding carboxylic acids is 1. The monoisotopic (exact) mass is 449 g/mol. The minimum atomic E-state index is -0.194. The van der Waals surface area contributed by atoms with Gasteiger partial charge in [-0.15, -0.1) is 5.10 Å². The molecule has 0 aliphatic rings. The molecule has 0 fully saturated rings. The fraction of sp³-hybridized carbons (Fsp3) is 0.174. The summed E-state index contributed by atoms with van der Waals surface area (Å²) in [6, 6.07) is 18.9. The van der Waals surface area contributed by atoms with Gasteiger partial charge < -0.3 is 14.8 Å². The average Bonchev–Trinajstić information content (AvgIpc) is 3.46. The SMILES string of the molecule is COc1ccc(CNC(=O)Cn2nc(-c3ccccc3OC)n(-n3cccc3)c2=S)cc1. The van der Waals surface area contributed by atoms with Crippen molar-refractivity contribution in [1.82, 2.24) is 24.4 Å². The van der Waals surface area contributed by atoms with Gasteiger partial charge in [-0.2, -0.15) is 0 Å². The van der Waals surface area contributed by atoms with Crippen molar-refractivity contribution >= 4 is 18.1 Å². The smallest absolute Gasteiger partial charge is 0.242 e. The minimum absolute atomic E-state index is 0.00853. The highest BCUT2D eigenvalue weighted by Crippen LogP contribution is 2.28. The summed E-state index contributed by atoms with van der Waals surface area (Å²) >= 11 is 5.67. The molecule has 32 heavy (non-hydrogen) atoms. The van der Waals surface area contributed by atoms with Gasteiger partial charge in [-0.1, -0.05) is 24.3 Å². The van der Waals surface area contributed by atoms with Gasteiger partial charge in [0, 0.05) is 18.9 Å². The molecule has 1 amide bonds. The highest BCUT2D eigenvalue weighted by atomic mass is 32.1. The van der Waals surface area contributed by atoms with Gasteiger partial charge in [0.25, 0.3) is 0 Å². The van der Waals surface area contributed by atoms with Crippen molar-refractivity contribution < 1.29 is 14.3 Å². The van der Waals surface area contributed by atoms with Gasteiger partial charge in [0.05, 0.1) is 19.8 Å². The zero-order chi connectivity index (χ0) is 22.5. The Balaban J connectivity index is 1.60. The van der Waals surface area contributed by atoms with Crippen LogP contribution in [0.3, 0.4) is 0 Å². The predicted molar refractivity (Wildman–Crippen MR) is 123 cm³/mol. The lowest BCUT2D eigenvalue weighted by Gasteiger charge is -2.10. The molecule has 2 heterocycles. The molecule has 2 aromatic heterocycles. The third-order valence-corrected chi connectivity index (χ3v) is 5.31. The topological polar surface area (TPSA) is 75.2 Å². The van der Waals surface area contributed by atoms with E-state index in [1.165, 1.54) is 4.68 Å². The molecule has 0 atom stereocenters. The Bertz CT molecular complexity index is 1260. The van der Waals surface area contributed by atoms with E-state index in [9.17, 15) is 4.79 Å². The maximum atomic E-state index is 12.6. The highest BCUT2D eigenvalue weighted by molar-refractivity contribution is 7.71.